The molecule has 1 aliphatic rings. The number of hydrogen-bond acceptors (Lipinski definition) is 4. The lowest BCUT2D eigenvalue weighted by Gasteiger charge is -2.21. The van der Waals surface area contributed by atoms with E-state index >= 15 is 0 Å². The molecule has 1 aliphatic heterocycles. The summed E-state index contributed by atoms with van der Waals surface area (Å²) >= 11 is 1.71. The maximum Gasteiger partial charge on any atom is 0.287 e. The summed E-state index contributed by atoms with van der Waals surface area (Å²) in [6, 6.07) is 7.59. The van der Waals surface area contributed by atoms with Crippen molar-refractivity contribution in [3.63, 3.8) is 0 Å². The fourth-order valence-electron chi connectivity index (χ4n) is 2.45. The lowest BCUT2D eigenvalue weighted by atomic mass is 10.0. The Hall–Kier alpha value is -1.46. The molecule has 1 saturated heterocycles. The van der Waals surface area contributed by atoms with Crippen LogP contribution in [0.1, 0.15) is 22.5 Å². The molecule has 106 valence electrons. The molecule has 4 nitrogen and oxygen atoms in total. The average molecular weight is 291 g/mol. The number of carbonyl (C=O) groups is 1. The number of para-hydroxylation sites is 1. The highest BCUT2D eigenvalue weighted by Crippen LogP contribution is 2.28. The minimum absolute atomic E-state index is 0.260. The molecule has 1 amide bonds. The first kappa shape index (κ1) is 13.5. The van der Waals surface area contributed by atoms with Crippen molar-refractivity contribution in [2.24, 2.45) is 0 Å². The van der Waals surface area contributed by atoms with Crippen molar-refractivity contribution in [2.75, 3.05) is 18.1 Å². The van der Waals surface area contributed by atoms with E-state index in [0.717, 1.165) is 23.1 Å². The van der Waals surface area contributed by atoms with E-state index in [1.54, 1.807) is 11.8 Å². The van der Waals surface area contributed by atoms with Gasteiger partial charge in [-0.25, -0.2) is 0 Å². The van der Waals surface area contributed by atoms with E-state index < -0.39 is 5.60 Å². The molecule has 2 heterocycles. The highest BCUT2D eigenvalue weighted by atomic mass is 32.2. The lowest BCUT2D eigenvalue weighted by Crippen LogP contribution is -2.43. The van der Waals surface area contributed by atoms with Crippen LogP contribution in [0.4, 0.5) is 0 Å². The fourth-order valence-corrected chi connectivity index (χ4v) is 3.75. The van der Waals surface area contributed by atoms with Gasteiger partial charge in [-0.3, -0.25) is 4.79 Å². The molecule has 3 rings (SSSR count). The third-order valence-corrected chi connectivity index (χ3v) is 4.94. The minimum Gasteiger partial charge on any atom is -0.451 e. The van der Waals surface area contributed by atoms with Gasteiger partial charge in [0.1, 0.15) is 5.58 Å². The van der Waals surface area contributed by atoms with Crippen molar-refractivity contribution in [1.29, 1.82) is 0 Å². The Balaban J connectivity index is 1.77. The van der Waals surface area contributed by atoms with Crippen LogP contribution in [-0.2, 0) is 0 Å². The zero-order valence-corrected chi connectivity index (χ0v) is 12.1. The van der Waals surface area contributed by atoms with Gasteiger partial charge in [-0.15, -0.1) is 0 Å². The Morgan fingerprint density at radius 2 is 2.30 bits per heavy atom. The predicted molar refractivity (Wildman–Crippen MR) is 80.2 cm³/mol. The number of nitrogens with one attached hydrogen (secondary N) is 1. The van der Waals surface area contributed by atoms with Gasteiger partial charge < -0.3 is 14.8 Å². The second-order valence-corrected chi connectivity index (χ2v) is 6.37. The van der Waals surface area contributed by atoms with Crippen LogP contribution in [0.5, 0.6) is 0 Å². The third kappa shape index (κ3) is 2.43. The molecule has 1 fully saturated rings. The van der Waals surface area contributed by atoms with Crippen molar-refractivity contribution in [2.45, 2.75) is 18.9 Å². The Morgan fingerprint density at radius 3 is 3.00 bits per heavy atom. The molecule has 2 aromatic rings. The summed E-state index contributed by atoms with van der Waals surface area (Å²) in [5.74, 6) is 1.69. The molecule has 20 heavy (non-hydrogen) atoms. The summed E-state index contributed by atoms with van der Waals surface area (Å²) in [4.78, 5) is 12.2. The molecule has 1 unspecified atom stereocenters. The molecule has 1 atom stereocenters. The molecule has 0 bridgehead atoms. The van der Waals surface area contributed by atoms with Gasteiger partial charge in [0.05, 0.1) is 5.60 Å². The summed E-state index contributed by atoms with van der Waals surface area (Å²) in [6.07, 6.45) is 0.719. The number of aryl methyl sites for hydroxylation is 1. The standard InChI is InChI=1S/C15H17NO3S/c1-10-11-4-2-3-5-12(11)19-13(10)14(17)16-8-15(18)6-7-20-9-15/h2-5,18H,6-9H2,1H3,(H,16,17). The Labute approximate surface area is 121 Å². The second-order valence-electron chi connectivity index (χ2n) is 5.26. The topological polar surface area (TPSA) is 62.5 Å². The molecule has 0 saturated carbocycles. The summed E-state index contributed by atoms with van der Waals surface area (Å²) in [6.45, 7) is 2.15. The van der Waals surface area contributed by atoms with E-state index in [9.17, 15) is 9.90 Å². The molecular weight excluding hydrogens is 274 g/mol. The largest absolute Gasteiger partial charge is 0.451 e. The zero-order chi connectivity index (χ0) is 14.2. The highest BCUT2D eigenvalue weighted by Gasteiger charge is 2.32. The van der Waals surface area contributed by atoms with Crippen molar-refractivity contribution >= 4 is 28.6 Å². The number of benzene rings is 1. The van der Waals surface area contributed by atoms with Crippen LogP contribution in [0, 0.1) is 6.92 Å². The maximum absolute atomic E-state index is 12.2. The Morgan fingerprint density at radius 1 is 1.50 bits per heavy atom. The molecule has 0 spiro atoms. The van der Waals surface area contributed by atoms with Gasteiger partial charge in [0.2, 0.25) is 0 Å². The van der Waals surface area contributed by atoms with Crippen LogP contribution < -0.4 is 5.32 Å². The first-order valence-electron chi connectivity index (χ1n) is 6.65. The number of hydrogen-bond donors (Lipinski definition) is 2. The van der Waals surface area contributed by atoms with Gasteiger partial charge in [0.25, 0.3) is 5.91 Å². The van der Waals surface area contributed by atoms with Crippen molar-refractivity contribution in [3.8, 4) is 0 Å². The fraction of sp³-hybridized carbons (Fsp3) is 0.400. The van der Waals surface area contributed by atoms with Crippen LogP contribution in [0.2, 0.25) is 0 Å². The maximum atomic E-state index is 12.2. The molecular formula is C15H17NO3S. The Bertz CT molecular complexity index is 644. The average Bonchev–Trinajstić information content (AvgIpc) is 3.02. The highest BCUT2D eigenvalue weighted by molar-refractivity contribution is 7.99. The van der Waals surface area contributed by atoms with Crippen molar-refractivity contribution in [1.82, 2.24) is 5.32 Å². The van der Waals surface area contributed by atoms with E-state index in [2.05, 4.69) is 5.32 Å². The van der Waals surface area contributed by atoms with Crippen LogP contribution in [-0.4, -0.2) is 34.7 Å². The predicted octanol–water partition coefficient (Wildman–Crippen LogP) is 2.34. The smallest absolute Gasteiger partial charge is 0.287 e. The first-order valence-corrected chi connectivity index (χ1v) is 7.81. The zero-order valence-electron chi connectivity index (χ0n) is 11.3. The molecule has 1 aromatic heterocycles. The number of furan rings is 1. The van der Waals surface area contributed by atoms with Gasteiger partial charge >= 0.3 is 0 Å². The van der Waals surface area contributed by atoms with Gasteiger partial charge in [-0.1, -0.05) is 18.2 Å². The number of rotatable bonds is 3. The van der Waals surface area contributed by atoms with Gasteiger partial charge in [-0.2, -0.15) is 11.8 Å². The lowest BCUT2D eigenvalue weighted by molar-refractivity contribution is 0.0603. The van der Waals surface area contributed by atoms with Crippen molar-refractivity contribution in [3.05, 3.63) is 35.6 Å². The number of fused-ring (bicyclic) bond motifs is 1. The summed E-state index contributed by atoms with van der Waals surface area (Å²) in [7, 11) is 0. The van der Waals surface area contributed by atoms with Gasteiger partial charge in [-0.05, 0) is 25.2 Å². The number of aliphatic hydroxyl groups is 1. The monoisotopic (exact) mass is 291 g/mol. The first-order chi connectivity index (χ1) is 9.59. The van der Waals surface area contributed by atoms with E-state index in [-0.39, 0.29) is 12.5 Å². The molecule has 5 heteroatoms. The number of carbonyl (C=O) groups excluding carboxylic acids is 1. The SMILES string of the molecule is Cc1c(C(=O)NCC2(O)CCSC2)oc2ccccc12. The minimum atomic E-state index is -0.778. The van der Waals surface area contributed by atoms with Crippen LogP contribution in [0.15, 0.2) is 28.7 Å². The van der Waals surface area contributed by atoms with E-state index in [0.29, 0.717) is 17.1 Å². The molecule has 1 aromatic carbocycles. The van der Waals surface area contributed by atoms with Gasteiger partial charge in [0.15, 0.2) is 5.76 Å². The van der Waals surface area contributed by atoms with Crippen LogP contribution in [0.3, 0.4) is 0 Å². The summed E-state index contributed by atoms with van der Waals surface area (Å²) < 4.78 is 5.61. The van der Waals surface area contributed by atoms with Crippen LogP contribution in [0.25, 0.3) is 11.0 Å². The molecule has 0 radical (unpaired) electrons. The quantitative estimate of drug-likeness (QED) is 0.911. The summed E-state index contributed by atoms with van der Waals surface area (Å²) in [5, 5.41) is 14.0. The third-order valence-electron chi connectivity index (χ3n) is 3.71. The number of amides is 1. The Kier molecular flexibility index (Phi) is 3.48. The molecule has 2 N–H and O–H groups in total. The van der Waals surface area contributed by atoms with E-state index in [1.165, 1.54) is 0 Å². The molecule has 0 aliphatic carbocycles. The second kappa shape index (κ2) is 5.14. The van der Waals surface area contributed by atoms with Crippen LogP contribution >= 0.6 is 11.8 Å². The van der Waals surface area contributed by atoms with Crippen molar-refractivity contribution < 1.29 is 14.3 Å². The summed E-state index contributed by atoms with van der Waals surface area (Å²) in [5.41, 5.74) is 0.774. The normalized spacial score (nSPS) is 22.3. The van der Waals surface area contributed by atoms with E-state index in [4.69, 9.17) is 4.42 Å². The van der Waals surface area contributed by atoms with Gasteiger partial charge in [0, 0.05) is 23.2 Å². The number of thioether (sulfide) groups is 1. The van der Waals surface area contributed by atoms with E-state index in [1.807, 2.05) is 31.2 Å².